The lowest BCUT2D eigenvalue weighted by atomic mass is 10.2. The zero-order chi connectivity index (χ0) is 19.2. The molecule has 1 aromatic carbocycles. The van der Waals surface area contributed by atoms with Gasteiger partial charge < -0.3 is 14.6 Å². The average Bonchev–Trinajstić information content (AvgIpc) is 3.39. The van der Waals surface area contributed by atoms with Crippen LogP contribution >= 0.6 is 0 Å². The Morgan fingerprint density at radius 1 is 1.21 bits per heavy atom. The third kappa shape index (κ3) is 4.37. The molecule has 0 radical (unpaired) electrons. The third-order valence-corrected chi connectivity index (χ3v) is 4.95. The van der Waals surface area contributed by atoms with Gasteiger partial charge in [-0.2, -0.15) is 4.98 Å². The molecule has 1 aliphatic rings. The quantitative estimate of drug-likeness (QED) is 0.600. The number of methoxy groups -OCH3 is 1. The Morgan fingerprint density at radius 3 is 2.89 bits per heavy atom. The van der Waals surface area contributed by atoms with Gasteiger partial charge in [-0.15, -0.1) is 0 Å². The maximum Gasteiger partial charge on any atom is 0.244 e. The molecule has 0 saturated carbocycles. The van der Waals surface area contributed by atoms with Crippen molar-refractivity contribution in [2.45, 2.75) is 25.4 Å². The van der Waals surface area contributed by atoms with Crippen LogP contribution in [0.2, 0.25) is 0 Å². The van der Waals surface area contributed by atoms with Crippen molar-refractivity contribution in [1.82, 2.24) is 20.0 Å². The van der Waals surface area contributed by atoms with Gasteiger partial charge in [0, 0.05) is 32.0 Å². The Hall–Kier alpha value is -2.77. The minimum absolute atomic E-state index is 0.171. The van der Waals surface area contributed by atoms with Crippen LogP contribution < -0.4 is 5.32 Å². The smallest absolute Gasteiger partial charge is 0.244 e. The van der Waals surface area contributed by atoms with Gasteiger partial charge in [0.05, 0.1) is 12.6 Å². The number of hydrogen-bond donors (Lipinski definition) is 1. The van der Waals surface area contributed by atoms with E-state index >= 15 is 0 Å². The monoisotopic (exact) mass is 379 g/mol. The van der Waals surface area contributed by atoms with Gasteiger partial charge in [0.15, 0.2) is 0 Å². The molecule has 3 aromatic rings. The molecule has 1 saturated heterocycles. The fourth-order valence-corrected chi connectivity index (χ4v) is 3.51. The molecule has 7 heteroatoms. The van der Waals surface area contributed by atoms with Gasteiger partial charge in [0.2, 0.25) is 11.7 Å². The summed E-state index contributed by atoms with van der Waals surface area (Å²) in [6.45, 7) is 3.29. The van der Waals surface area contributed by atoms with Gasteiger partial charge in [0.25, 0.3) is 0 Å². The van der Waals surface area contributed by atoms with Gasteiger partial charge in [-0.3, -0.25) is 4.90 Å². The van der Waals surface area contributed by atoms with Crippen LogP contribution in [0.5, 0.6) is 0 Å². The van der Waals surface area contributed by atoms with E-state index < -0.39 is 0 Å². The van der Waals surface area contributed by atoms with Gasteiger partial charge in [0.1, 0.15) is 5.82 Å². The summed E-state index contributed by atoms with van der Waals surface area (Å²) in [5.41, 5.74) is 2.15. The van der Waals surface area contributed by atoms with Crippen molar-refractivity contribution in [3.8, 4) is 11.4 Å². The highest BCUT2D eigenvalue weighted by Crippen LogP contribution is 2.33. The lowest BCUT2D eigenvalue weighted by Gasteiger charge is -2.21. The molecule has 0 spiro atoms. The molecule has 146 valence electrons. The highest BCUT2D eigenvalue weighted by Gasteiger charge is 2.30. The van der Waals surface area contributed by atoms with Crippen LogP contribution in [0.1, 0.15) is 30.3 Å². The van der Waals surface area contributed by atoms with Gasteiger partial charge >= 0.3 is 0 Å². The average molecular weight is 379 g/mol. The predicted molar refractivity (Wildman–Crippen MR) is 107 cm³/mol. The number of rotatable bonds is 8. The van der Waals surface area contributed by atoms with E-state index in [2.05, 4.69) is 49.6 Å². The first-order valence-electron chi connectivity index (χ1n) is 9.64. The summed E-state index contributed by atoms with van der Waals surface area (Å²) < 4.78 is 10.6. The number of pyridine rings is 1. The van der Waals surface area contributed by atoms with Crippen LogP contribution in [0.15, 0.2) is 53.2 Å². The summed E-state index contributed by atoms with van der Waals surface area (Å²) in [5, 5.41) is 7.38. The van der Waals surface area contributed by atoms with Gasteiger partial charge in [-0.05, 0) is 37.1 Å². The fraction of sp³-hybridized carbons (Fsp3) is 0.381. The standard InChI is InChI=1S/C21H25N5O2/c1-27-13-11-22-19-10-9-17(14-23-19)20-24-21(28-25-20)18-8-5-12-26(18)15-16-6-3-2-4-7-16/h2-4,6-7,9-10,14,18H,5,8,11-13,15H2,1H3,(H,22,23)/t18-/m1/s1. The molecule has 0 aliphatic carbocycles. The first-order valence-corrected chi connectivity index (χ1v) is 9.64. The number of anilines is 1. The van der Waals surface area contributed by atoms with E-state index in [0.29, 0.717) is 24.9 Å². The number of nitrogens with one attached hydrogen (secondary N) is 1. The van der Waals surface area contributed by atoms with Crippen molar-refractivity contribution in [2.24, 2.45) is 0 Å². The maximum atomic E-state index is 5.62. The Kier molecular flexibility index (Phi) is 5.94. The summed E-state index contributed by atoms with van der Waals surface area (Å²) in [6.07, 6.45) is 3.94. The number of likely N-dealkylation sites (tertiary alicyclic amines) is 1. The third-order valence-electron chi connectivity index (χ3n) is 4.95. The van der Waals surface area contributed by atoms with Crippen molar-refractivity contribution in [1.29, 1.82) is 0 Å². The molecule has 1 fully saturated rings. The second-order valence-electron chi connectivity index (χ2n) is 6.92. The number of aromatic nitrogens is 3. The molecule has 28 heavy (non-hydrogen) atoms. The summed E-state index contributed by atoms with van der Waals surface area (Å²) in [4.78, 5) is 11.5. The summed E-state index contributed by atoms with van der Waals surface area (Å²) in [6, 6.07) is 14.5. The minimum atomic E-state index is 0.171. The SMILES string of the molecule is COCCNc1ccc(-c2noc([C@H]3CCCN3Cc3ccccc3)n2)cn1. The lowest BCUT2D eigenvalue weighted by Crippen LogP contribution is -2.22. The molecule has 1 atom stereocenters. The molecule has 2 aromatic heterocycles. The number of benzene rings is 1. The highest BCUT2D eigenvalue weighted by atomic mass is 16.5. The molecule has 0 bridgehead atoms. The van der Waals surface area contributed by atoms with Crippen LogP contribution in [0.3, 0.4) is 0 Å². The number of nitrogens with zero attached hydrogens (tertiary/aromatic N) is 4. The van der Waals surface area contributed by atoms with Gasteiger partial charge in [-0.1, -0.05) is 35.5 Å². The second-order valence-corrected chi connectivity index (χ2v) is 6.92. The largest absolute Gasteiger partial charge is 0.383 e. The zero-order valence-corrected chi connectivity index (χ0v) is 16.0. The van der Waals surface area contributed by atoms with Crippen LogP contribution in [-0.4, -0.2) is 46.8 Å². The molecular weight excluding hydrogens is 354 g/mol. The summed E-state index contributed by atoms with van der Waals surface area (Å²) in [5.74, 6) is 2.07. The molecule has 7 nitrogen and oxygen atoms in total. The second kappa shape index (κ2) is 8.95. The molecule has 0 unspecified atom stereocenters. The molecule has 1 aliphatic heterocycles. The summed E-state index contributed by atoms with van der Waals surface area (Å²) >= 11 is 0. The molecule has 1 N–H and O–H groups in total. The topological polar surface area (TPSA) is 76.3 Å². The van der Waals surface area contributed by atoms with E-state index in [0.717, 1.165) is 37.3 Å². The van der Waals surface area contributed by atoms with E-state index in [4.69, 9.17) is 9.26 Å². The van der Waals surface area contributed by atoms with E-state index in [-0.39, 0.29) is 6.04 Å². The first kappa shape index (κ1) is 18.6. The van der Waals surface area contributed by atoms with Crippen molar-refractivity contribution < 1.29 is 9.26 Å². The van der Waals surface area contributed by atoms with Crippen LogP contribution in [0.4, 0.5) is 5.82 Å². The normalized spacial score (nSPS) is 17.1. The molecule has 0 amide bonds. The number of ether oxygens (including phenoxy) is 1. The number of hydrogen-bond acceptors (Lipinski definition) is 7. The van der Waals surface area contributed by atoms with Gasteiger partial charge in [-0.25, -0.2) is 4.98 Å². The zero-order valence-electron chi connectivity index (χ0n) is 16.0. The Labute approximate surface area is 164 Å². The minimum Gasteiger partial charge on any atom is -0.383 e. The van der Waals surface area contributed by atoms with Crippen LogP contribution in [0.25, 0.3) is 11.4 Å². The fourth-order valence-electron chi connectivity index (χ4n) is 3.51. The maximum absolute atomic E-state index is 5.62. The molecule has 3 heterocycles. The van der Waals surface area contributed by atoms with E-state index in [1.54, 1.807) is 13.3 Å². The Balaban J connectivity index is 1.43. The highest BCUT2D eigenvalue weighted by molar-refractivity contribution is 5.55. The van der Waals surface area contributed by atoms with Crippen molar-refractivity contribution >= 4 is 5.82 Å². The lowest BCUT2D eigenvalue weighted by molar-refractivity contribution is 0.201. The van der Waals surface area contributed by atoms with Crippen LogP contribution in [0, 0.1) is 0 Å². The predicted octanol–water partition coefficient (Wildman–Crippen LogP) is 3.53. The van der Waals surface area contributed by atoms with E-state index in [1.165, 1.54) is 5.56 Å². The van der Waals surface area contributed by atoms with E-state index in [9.17, 15) is 0 Å². The Bertz CT molecular complexity index is 866. The molecular formula is C21H25N5O2. The van der Waals surface area contributed by atoms with Crippen LogP contribution in [-0.2, 0) is 11.3 Å². The molecule has 4 rings (SSSR count). The van der Waals surface area contributed by atoms with E-state index in [1.807, 2.05) is 18.2 Å². The summed E-state index contributed by atoms with van der Waals surface area (Å²) in [7, 11) is 1.68. The van der Waals surface area contributed by atoms with Crippen molar-refractivity contribution in [3.63, 3.8) is 0 Å². The van der Waals surface area contributed by atoms with Crippen molar-refractivity contribution in [2.75, 3.05) is 32.1 Å². The first-order chi connectivity index (χ1) is 13.8. The Morgan fingerprint density at radius 2 is 2.11 bits per heavy atom. The van der Waals surface area contributed by atoms with Crippen molar-refractivity contribution in [3.05, 3.63) is 60.1 Å².